The van der Waals surface area contributed by atoms with Crippen molar-refractivity contribution in [3.8, 4) is 17.0 Å². The Morgan fingerprint density at radius 2 is 2.07 bits per heavy atom. The van der Waals surface area contributed by atoms with Crippen LogP contribution in [-0.4, -0.2) is 83.9 Å². The molecule has 42 heavy (non-hydrogen) atoms. The van der Waals surface area contributed by atoms with Gasteiger partial charge in [-0.1, -0.05) is 36.4 Å². The zero-order valence-electron chi connectivity index (χ0n) is 23.6. The van der Waals surface area contributed by atoms with Crippen LogP contribution in [0, 0.1) is 0 Å². The Kier molecular flexibility index (Phi) is 9.32. The number of benzene rings is 1. The molecule has 5 rings (SSSR count). The third kappa shape index (κ3) is 6.71. The smallest absolute Gasteiger partial charge is 0.248 e. The minimum atomic E-state index is -0.285. The Labute approximate surface area is 249 Å². The zero-order chi connectivity index (χ0) is 29.5. The van der Waals surface area contributed by atoms with Gasteiger partial charge in [-0.15, -0.1) is 0 Å². The SMILES string of the molecule is C=C/C=C\C(=O)Nc1cc(Nc2ncc(Cl)c(-c3cnn4ccccc34)n2)c(OC)cc1N(C)CCN1CCOCC1. The number of likely N-dealkylation sites (N-methyl/N-ethyl adjacent to an activating group) is 1. The van der Waals surface area contributed by atoms with Crippen molar-refractivity contribution < 1.29 is 14.3 Å². The second-order valence-electron chi connectivity index (χ2n) is 9.63. The van der Waals surface area contributed by atoms with Crippen LogP contribution in [0.5, 0.6) is 5.75 Å². The van der Waals surface area contributed by atoms with Gasteiger partial charge in [-0.05, 0) is 18.2 Å². The summed E-state index contributed by atoms with van der Waals surface area (Å²) in [5.74, 6) is 0.575. The highest BCUT2D eigenvalue weighted by molar-refractivity contribution is 6.33. The van der Waals surface area contributed by atoms with Crippen LogP contribution in [0.25, 0.3) is 16.8 Å². The summed E-state index contributed by atoms with van der Waals surface area (Å²) < 4.78 is 13.0. The fraction of sp³-hybridized carbons (Fsp3) is 0.267. The number of nitrogens with one attached hydrogen (secondary N) is 2. The summed E-state index contributed by atoms with van der Waals surface area (Å²) in [5, 5.41) is 11.0. The molecule has 1 amide bonds. The number of ether oxygens (including phenoxy) is 2. The number of pyridine rings is 1. The maximum atomic E-state index is 12.7. The van der Waals surface area contributed by atoms with E-state index in [0.29, 0.717) is 33.8 Å². The van der Waals surface area contributed by atoms with Gasteiger partial charge in [0.25, 0.3) is 0 Å². The van der Waals surface area contributed by atoms with Crippen LogP contribution in [0.15, 0.2) is 73.7 Å². The highest BCUT2D eigenvalue weighted by Crippen LogP contribution is 2.38. The lowest BCUT2D eigenvalue weighted by Gasteiger charge is -2.30. The van der Waals surface area contributed by atoms with Crippen LogP contribution in [0.1, 0.15) is 0 Å². The Balaban J connectivity index is 1.46. The van der Waals surface area contributed by atoms with Crippen LogP contribution in [0.3, 0.4) is 0 Å². The van der Waals surface area contributed by atoms with Gasteiger partial charge < -0.3 is 25.0 Å². The molecule has 4 aromatic rings. The molecule has 1 aliphatic heterocycles. The number of nitrogens with zero attached hydrogens (tertiary/aromatic N) is 6. The van der Waals surface area contributed by atoms with Gasteiger partial charge in [0.05, 0.1) is 66.0 Å². The molecule has 11 nitrogen and oxygen atoms in total. The van der Waals surface area contributed by atoms with Crippen molar-refractivity contribution in [3.63, 3.8) is 0 Å². The van der Waals surface area contributed by atoms with Crippen molar-refractivity contribution in [1.82, 2.24) is 24.5 Å². The molecule has 1 fully saturated rings. The number of fused-ring (bicyclic) bond motifs is 1. The molecule has 0 saturated carbocycles. The van der Waals surface area contributed by atoms with E-state index in [-0.39, 0.29) is 5.91 Å². The monoisotopic (exact) mass is 588 g/mol. The summed E-state index contributed by atoms with van der Waals surface area (Å²) >= 11 is 6.52. The van der Waals surface area contributed by atoms with Gasteiger partial charge in [0.1, 0.15) is 5.75 Å². The van der Waals surface area contributed by atoms with Gasteiger partial charge in [0.15, 0.2) is 0 Å². The summed E-state index contributed by atoms with van der Waals surface area (Å²) in [6.45, 7) is 8.51. The molecular weight excluding hydrogens is 556 g/mol. The number of carbonyl (C=O) groups is 1. The van der Waals surface area contributed by atoms with Crippen LogP contribution in [0.4, 0.5) is 23.0 Å². The van der Waals surface area contributed by atoms with E-state index in [4.69, 9.17) is 26.1 Å². The van der Waals surface area contributed by atoms with Crippen molar-refractivity contribution in [2.45, 2.75) is 0 Å². The lowest BCUT2D eigenvalue weighted by molar-refractivity contribution is -0.111. The summed E-state index contributed by atoms with van der Waals surface area (Å²) in [6, 6.07) is 9.47. The van der Waals surface area contributed by atoms with Gasteiger partial charge in [-0.25, -0.2) is 14.5 Å². The molecule has 1 aromatic carbocycles. The topological polar surface area (TPSA) is 109 Å². The van der Waals surface area contributed by atoms with E-state index >= 15 is 0 Å². The largest absolute Gasteiger partial charge is 0.494 e. The Morgan fingerprint density at radius 1 is 1.24 bits per heavy atom. The Bertz CT molecular complexity index is 1600. The number of amides is 1. The average Bonchev–Trinajstić information content (AvgIpc) is 3.44. The van der Waals surface area contributed by atoms with E-state index in [1.165, 1.54) is 6.08 Å². The molecule has 4 heterocycles. The number of methoxy groups -OCH3 is 1. The molecular formula is C30H33ClN8O3. The van der Waals surface area contributed by atoms with Crippen molar-refractivity contribution in [2.24, 2.45) is 0 Å². The molecule has 0 unspecified atom stereocenters. The number of anilines is 4. The minimum Gasteiger partial charge on any atom is -0.494 e. The molecule has 0 atom stereocenters. The van der Waals surface area contributed by atoms with E-state index < -0.39 is 0 Å². The van der Waals surface area contributed by atoms with Crippen molar-refractivity contribution >= 4 is 46.0 Å². The summed E-state index contributed by atoms with van der Waals surface area (Å²) in [5.41, 5.74) is 4.14. The molecule has 218 valence electrons. The van der Waals surface area contributed by atoms with E-state index in [1.807, 2.05) is 43.6 Å². The molecule has 1 aliphatic rings. The van der Waals surface area contributed by atoms with Gasteiger partial charge in [-0.3, -0.25) is 9.69 Å². The van der Waals surface area contributed by atoms with E-state index in [1.54, 1.807) is 36.2 Å². The molecule has 12 heteroatoms. The lowest BCUT2D eigenvalue weighted by Crippen LogP contribution is -2.40. The number of aromatic nitrogens is 4. The minimum absolute atomic E-state index is 0.285. The van der Waals surface area contributed by atoms with Gasteiger partial charge in [0.2, 0.25) is 11.9 Å². The predicted octanol–water partition coefficient (Wildman–Crippen LogP) is 4.65. The summed E-state index contributed by atoms with van der Waals surface area (Å²) in [6.07, 6.45) is 9.68. The molecule has 3 aromatic heterocycles. The fourth-order valence-electron chi connectivity index (χ4n) is 4.67. The number of hydrogen-bond donors (Lipinski definition) is 2. The zero-order valence-corrected chi connectivity index (χ0v) is 24.3. The number of morpholine rings is 1. The number of allylic oxidation sites excluding steroid dienone is 2. The molecule has 0 radical (unpaired) electrons. The number of carbonyl (C=O) groups excluding carboxylic acids is 1. The lowest BCUT2D eigenvalue weighted by atomic mass is 10.2. The van der Waals surface area contributed by atoms with Gasteiger partial charge >= 0.3 is 0 Å². The number of halogens is 1. The number of hydrogen-bond acceptors (Lipinski definition) is 9. The van der Waals surface area contributed by atoms with Crippen LogP contribution in [0.2, 0.25) is 5.02 Å². The third-order valence-corrected chi connectivity index (χ3v) is 7.17. The molecule has 0 aliphatic carbocycles. The first-order valence-corrected chi connectivity index (χ1v) is 13.9. The standard InChI is InChI=1S/C30H33ClN8O3/c1-4-5-9-28(40)34-23-17-24(27(41-3)18-26(23)37(2)11-12-38-13-15-42-16-14-38)35-30-32-20-22(31)29(36-30)21-19-33-39-10-7-6-8-25(21)39/h4-10,17-20H,1,11-16H2,2-3H3,(H,34,40)(H,32,35,36)/b9-5-. The Hall–Kier alpha value is -4.45. The van der Waals surface area contributed by atoms with Crippen LogP contribution in [-0.2, 0) is 9.53 Å². The van der Waals surface area contributed by atoms with Crippen LogP contribution >= 0.6 is 11.6 Å². The molecule has 0 spiro atoms. The normalized spacial score (nSPS) is 13.8. The second-order valence-corrected chi connectivity index (χ2v) is 10.0. The molecule has 0 bridgehead atoms. The number of rotatable bonds is 11. The van der Waals surface area contributed by atoms with E-state index in [9.17, 15) is 4.79 Å². The molecule has 1 saturated heterocycles. The molecule has 2 N–H and O–H groups in total. The maximum absolute atomic E-state index is 12.7. The highest BCUT2D eigenvalue weighted by Gasteiger charge is 2.19. The first-order chi connectivity index (χ1) is 20.5. The van der Waals surface area contributed by atoms with Gasteiger partial charge in [-0.2, -0.15) is 5.10 Å². The van der Waals surface area contributed by atoms with Crippen molar-refractivity contribution in [3.05, 3.63) is 78.8 Å². The van der Waals surface area contributed by atoms with E-state index in [0.717, 1.165) is 56.2 Å². The van der Waals surface area contributed by atoms with Crippen molar-refractivity contribution in [1.29, 1.82) is 0 Å². The van der Waals surface area contributed by atoms with Crippen LogP contribution < -0.4 is 20.3 Å². The maximum Gasteiger partial charge on any atom is 0.248 e. The third-order valence-electron chi connectivity index (χ3n) is 6.90. The van der Waals surface area contributed by atoms with Gasteiger partial charge in [0, 0.05) is 57.1 Å². The summed E-state index contributed by atoms with van der Waals surface area (Å²) in [4.78, 5) is 26.3. The van der Waals surface area contributed by atoms with Crippen molar-refractivity contribution in [2.75, 3.05) is 69.1 Å². The predicted molar refractivity (Wildman–Crippen MR) is 166 cm³/mol. The van der Waals surface area contributed by atoms with E-state index in [2.05, 4.69) is 37.1 Å². The summed E-state index contributed by atoms with van der Waals surface area (Å²) in [7, 11) is 3.58. The quantitative estimate of drug-likeness (QED) is 0.191. The first kappa shape index (κ1) is 29.1. The average molecular weight is 589 g/mol. The second kappa shape index (κ2) is 13.5. The fourth-order valence-corrected chi connectivity index (χ4v) is 4.86. The first-order valence-electron chi connectivity index (χ1n) is 13.5. The Morgan fingerprint density at radius 3 is 2.86 bits per heavy atom. The highest BCUT2D eigenvalue weighted by atomic mass is 35.5.